The Morgan fingerprint density at radius 3 is 2.62 bits per heavy atom. The van der Waals surface area contributed by atoms with Gasteiger partial charge in [0.2, 0.25) is 5.91 Å². The first-order valence-corrected chi connectivity index (χ1v) is 10.7. The second-order valence-corrected chi connectivity index (χ2v) is 7.90. The van der Waals surface area contributed by atoms with Crippen molar-refractivity contribution in [1.82, 2.24) is 14.8 Å². The Balaban J connectivity index is 1.74. The Kier molecular flexibility index (Phi) is 4.84. The van der Waals surface area contributed by atoms with Crippen LogP contribution in [0.25, 0.3) is 22.6 Å². The number of amides is 1. The van der Waals surface area contributed by atoms with Crippen LogP contribution in [-0.4, -0.2) is 33.2 Å². The quantitative estimate of drug-likeness (QED) is 0.578. The SMILES string of the molecule is CCOC(=O)CC[C@]12CCC(=O)N1c1ccccc1-c1nc(=O)c(-c3ccccc3)nn12. The molecule has 8 heteroatoms. The molecule has 1 saturated heterocycles. The van der Waals surface area contributed by atoms with Gasteiger partial charge in [0.15, 0.2) is 11.5 Å². The Labute approximate surface area is 184 Å². The number of rotatable bonds is 5. The molecular formula is C24H22N4O4. The number of benzene rings is 2. The van der Waals surface area contributed by atoms with Gasteiger partial charge in [0, 0.05) is 36.8 Å². The average molecular weight is 430 g/mol. The van der Waals surface area contributed by atoms with E-state index in [-0.39, 0.29) is 24.0 Å². The fraction of sp³-hybridized carbons (Fsp3) is 0.292. The summed E-state index contributed by atoms with van der Waals surface area (Å²) in [6, 6.07) is 16.5. The first-order chi connectivity index (χ1) is 15.5. The second-order valence-electron chi connectivity index (χ2n) is 7.90. The molecule has 5 rings (SSSR count). The van der Waals surface area contributed by atoms with E-state index < -0.39 is 11.2 Å². The lowest BCUT2D eigenvalue weighted by molar-refractivity contribution is -0.143. The van der Waals surface area contributed by atoms with Gasteiger partial charge in [0.1, 0.15) is 5.66 Å². The van der Waals surface area contributed by atoms with E-state index in [1.165, 1.54) is 0 Å². The molecular weight excluding hydrogens is 408 g/mol. The van der Waals surface area contributed by atoms with Gasteiger partial charge in [0.05, 0.1) is 12.3 Å². The summed E-state index contributed by atoms with van der Waals surface area (Å²) >= 11 is 0. The standard InChI is InChI=1S/C24H22N4O4/c1-2-32-20(30)13-15-24-14-12-19(29)27(24)18-11-7-6-10-17(18)22-25-23(31)21(26-28(22)24)16-8-4-3-5-9-16/h3-11H,2,12-15H2,1H3/t24-/m1/s1. The zero-order chi connectivity index (χ0) is 22.3. The molecule has 162 valence electrons. The normalized spacial score (nSPS) is 18.7. The molecule has 0 saturated carbocycles. The van der Waals surface area contributed by atoms with Crippen molar-refractivity contribution in [3.8, 4) is 22.6 Å². The Bertz CT molecular complexity index is 1270. The van der Waals surface area contributed by atoms with Gasteiger partial charge in [-0.1, -0.05) is 42.5 Å². The third-order valence-electron chi connectivity index (χ3n) is 6.08. The zero-order valence-electron chi connectivity index (χ0n) is 17.7. The van der Waals surface area contributed by atoms with Crippen LogP contribution in [0.2, 0.25) is 0 Å². The molecule has 3 aromatic rings. The number of fused-ring (bicyclic) bond motifs is 6. The van der Waals surface area contributed by atoms with Crippen LogP contribution in [0.5, 0.6) is 0 Å². The van der Waals surface area contributed by atoms with Crippen molar-refractivity contribution in [3.63, 3.8) is 0 Å². The van der Waals surface area contributed by atoms with Gasteiger partial charge in [0.25, 0.3) is 5.56 Å². The molecule has 1 amide bonds. The summed E-state index contributed by atoms with van der Waals surface area (Å²) in [5.41, 5.74) is 0.839. The minimum absolute atomic E-state index is 0.0475. The Hall–Kier alpha value is -3.81. The van der Waals surface area contributed by atoms with E-state index in [0.717, 1.165) is 0 Å². The molecule has 2 aromatic carbocycles. The van der Waals surface area contributed by atoms with E-state index in [2.05, 4.69) is 4.98 Å². The maximum absolute atomic E-state index is 13.1. The average Bonchev–Trinajstić information content (AvgIpc) is 3.16. The van der Waals surface area contributed by atoms with E-state index in [0.29, 0.717) is 48.5 Å². The topological polar surface area (TPSA) is 94.4 Å². The minimum atomic E-state index is -0.933. The van der Waals surface area contributed by atoms with Gasteiger partial charge < -0.3 is 4.74 Å². The fourth-order valence-corrected chi connectivity index (χ4v) is 4.69. The number of aromatic nitrogens is 3. The van der Waals surface area contributed by atoms with E-state index in [9.17, 15) is 14.4 Å². The number of hydrogen-bond donors (Lipinski definition) is 0. The number of nitrogens with zero attached hydrogens (tertiary/aromatic N) is 4. The minimum Gasteiger partial charge on any atom is -0.466 e. The number of anilines is 1. The monoisotopic (exact) mass is 430 g/mol. The van der Waals surface area contributed by atoms with Crippen molar-refractivity contribution in [1.29, 1.82) is 0 Å². The maximum atomic E-state index is 13.1. The highest BCUT2D eigenvalue weighted by atomic mass is 16.5. The van der Waals surface area contributed by atoms with E-state index in [1.807, 2.05) is 42.5 Å². The van der Waals surface area contributed by atoms with Crippen LogP contribution >= 0.6 is 0 Å². The fourth-order valence-electron chi connectivity index (χ4n) is 4.69. The second kappa shape index (κ2) is 7.71. The first-order valence-electron chi connectivity index (χ1n) is 10.7. The molecule has 32 heavy (non-hydrogen) atoms. The van der Waals surface area contributed by atoms with Crippen LogP contribution in [-0.2, 0) is 20.0 Å². The summed E-state index contributed by atoms with van der Waals surface area (Å²) in [6.45, 7) is 2.05. The van der Waals surface area contributed by atoms with Crippen LogP contribution in [0.1, 0.15) is 32.6 Å². The van der Waals surface area contributed by atoms with Crippen molar-refractivity contribution in [2.24, 2.45) is 0 Å². The van der Waals surface area contributed by atoms with Crippen molar-refractivity contribution in [2.75, 3.05) is 11.5 Å². The number of carbonyl (C=O) groups is 2. The summed E-state index contributed by atoms with van der Waals surface area (Å²) in [5.74, 6) is 0.0210. The molecule has 0 bridgehead atoms. The molecule has 1 fully saturated rings. The highest BCUT2D eigenvalue weighted by Crippen LogP contribution is 2.49. The van der Waals surface area contributed by atoms with Crippen molar-refractivity contribution in [3.05, 3.63) is 65.0 Å². The third kappa shape index (κ3) is 3.02. The zero-order valence-corrected chi connectivity index (χ0v) is 17.7. The molecule has 1 atom stereocenters. The predicted octanol–water partition coefficient (Wildman–Crippen LogP) is 3.11. The molecule has 8 nitrogen and oxygen atoms in total. The summed E-state index contributed by atoms with van der Waals surface area (Å²) < 4.78 is 6.82. The summed E-state index contributed by atoms with van der Waals surface area (Å²) in [4.78, 5) is 44.4. The van der Waals surface area contributed by atoms with Gasteiger partial charge >= 0.3 is 5.97 Å². The lowest BCUT2D eigenvalue weighted by Gasteiger charge is -2.44. The van der Waals surface area contributed by atoms with Crippen LogP contribution in [0, 0.1) is 0 Å². The summed E-state index contributed by atoms with van der Waals surface area (Å²) in [6.07, 6.45) is 1.20. The van der Waals surface area contributed by atoms with E-state index in [4.69, 9.17) is 9.84 Å². The number of carbonyl (C=O) groups excluding carboxylic acids is 2. The smallest absolute Gasteiger partial charge is 0.305 e. The van der Waals surface area contributed by atoms with Gasteiger partial charge in [-0.05, 0) is 19.1 Å². The Morgan fingerprint density at radius 1 is 1.09 bits per heavy atom. The number of esters is 1. The van der Waals surface area contributed by atoms with Gasteiger partial charge in [-0.15, -0.1) is 0 Å². The molecule has 3 heterocycles. The molecule has 0 radical (unpaired) electrons. The highest BCUT2D eigenvalue weighted by Gasteiger charge is 2.53. The number of ether oxygens (including phenoxy) is 1. The molecule has 2 aliphatic heterocycles. The lowest BCUT2D eigenvalue weighted by Crippen LogP contribution is -2.53. The van der Waals surface area contributed by atoms with Crippen LogP contribution in [0.15, 0.2) is 59.4 Å². The lowest BCUT2D eigenvalue weighted by atomic mass is 9.95. The molecule has 0 unspecified atom stereocenters. The largest absolute Gasteiger partial charge is 0.466 e. The van der Waals surface area contributed by atoms with Crippen LogP contribution in [0.4, 0.5) is 5.69 Å². The van der Waals surface area contributed by atoms with E-state index in [1.54, 1.807) is 28.6 Å². The third-order valence-corrected chi connectivity index (χ3v) is 6.08. The van der Waals surface area contributed by atoms with Crippen LogP contribution in [0.3, 0.4) is 0 Å². The van der Waals surface area contributed by atoms with E-state index >= 15 is 0 Å². The molecule has 0 spiro atoms. The Morgan fingerprint density at radius 2 is 1.84 bits per heavy atom. The number of hydrogen-bond acceptors (Lipinski definition) is 6. The summed E-state index contributed by atoms with van der Waals surface area (Å²) in [7, 11) is 0. The maximum Gasteiger partial charge on any atom is 0.305 e. The molecule has 0 aliphatic carbocycles. The van der Waals surface area contributed by atoms with Crippen LogP contribution < -0.4 is 10.5 Å². The molecule has 2 aliphatic rings. The van der Waals surface area contributed by atoms with Gasteiger partial charge in [-0.25, -0.2) is 4.68 Å². The molecule has 0 N–H and O–H groups in total. The van der Waals surface area contributed by atoms with Gasteiger partial charge in [-0.2, -0.15) is 10.1 Å². The number of para-hydroxylation sites is 1. The predicted molar refractivity (Wildman–Crippen MR) is 118 cm³/mol. The van der Waals surface area contributed by atoms with Crippen molar-refractivity contribution < 1.29 is 14.3 Å². The van der Waals surface area contributed by atoms with Crippen molar-refractivity contribution in [2.45, 2.75) is 38.3 Å². The first kappa shape index (κ1) is 20.1. The summed E-state index contributed by atoms with van der Waals surface area (Å²) in [5, 5.41) is 4.75. The van der Waals surface area contributed by atoms with Gasteiger partial charge in [-0.3, -0.25) is 19.3 Å². The highest BCUT2D eigenvalue weighted by molar-refractivity contribution is 6.01. The molecule has 1 aromatic heterocycles. The van der Waals surface area contributed by atoms with Crippen molar-refractivity contribution >= 4 is 17.6 Å².